The summed E-state index contributed by atoms with van der Waals surface area (Å²) in [4.78, 5) is 15.3. The SMILES string of the molecule is COc1ccc(C(OC[C@H]2O[C@@H](OCCCCCCNC(=O)c3ccccc3N=Nc3ccc(N(C)C)cc3)C[C@@H]2OP(OCCC#N)N(C(C)C)C(C)C)(c2ccccc2)c2ccc(OC)cc2)cc1. The zero-order valence-corrected chi connectivity index (χ0v) is 43.4. The number of unbranched alkanes of at least 4 members (excludes halogenated alkanes) is 3. The molecule has 1 aliphatic heterocycles. The van der Waals surface area contributed by atoms with Gasteiger partial charge in [-0.15, -0.1) is 5.11 Å². The first-order valence-corrected chi connectivity index (χ1v) is 25.7. The van der Waals surface area contributed by atoms with Crippen molar-refractivity contribution in [2.24, 2.45) is 10.2 Å². The van der Waals surface area contributed by atoms with Gasteiger partial charge in [-0.3, -0.25) is 4.79 Å². The van der Waals surface area contributed by atoms with E-state index in [-0.39, 0.29) is 37.6 Å². The van der Waals surface area contributed by atoms with Crippen LogP contribution in [0.25, 0.3) is 0 Å². The second-order valence-corrected chi connectivity index (χ2v) is 19.4. The van der Waals surface area contributed by atoms with E-state index in [1.165, 1.54) is 0 Å². The van der Waals surface area contributed by atoms with E-state index in [1.807, 2.05) is 122 Å². The summed E-state index contributed by atoms with van der Waals surface area (Å²) in [6.45, 7) is 9.89. The smallest absolute Gasteiger partial charge is 0.259 e. The number of hydrogen-bond acceptors (Lipinski definition) is 13. The monoisotopic (exact) mass is 987 g/mol. The second-order valence-electron chi connectivity index (χ2n) is 18.0. The minimum atomic E-state index is -1.59. The van der Waals surface area contributed by atoms with Gasteiger partial charge in [-0.1, -0.05) is 79.6 Å². The van der Waals surface area contributed by atoms with Gasteiger partial charge in [0, 0.05) is 51.4 Å². The Morgan fingerprint density at radius 1 is 0.775 bits per heavy atom. The predicted molar refractivity (Wildman–Crippen MR) is 280 cm³/mol. The van der Waals surface area contributed by atoms with E-state index in [0.29, 0.717) is 36.5 Å². The molecule has 1 N–H and O–H groups in total. The highest BCUT2D eigenvalue weighted by molar-refractivity contribution is 7.44. The van der Waals surface area contributed by atoms with E-state index in [1.54, 1.807) is 26.4 Å². The standard InChI is InChI=1S/C56H71N6O8P/c1-41(2)62(42(3)4)71(68-38-18-35-57)70-52-39-54(66-37-17-10-9-16-36-58-55(63)50-21-14-15-22-51(50)60-59-46-27-29-47(30-28-46)61(5)6)69-53(52)40-67-56(43-19-12-11-13-20-43,44-23-31-48(64-7)32-24-44)45-25-33-49(65-8)34-26-45/h11-15,19-34,41-42,52-54H,9-10,16-18,36-40H2,1-8H3,(H,58,63)/t52-,53+,54+,71?/m0/s1. The quantitative estimate of drug-likeness (QED) is 0.0221. The Bertz CT molecular complexity index is 2380. The Balaban J connectivity index is 1.12. The minimum Gasteiger partial charge on any atom is -0.497 e. The molecule has 0 aromatic heterocycles. The highest BCUT2D eigenvalue weighted by atomic mass is 31.2. The number of benzene rings is 5. The van der Waals surface area contributed by atoms with Crippen molar-refractivity contribution in [1.82, 2.24) is 9.99 Å². The van der Waals surface area contributed by atoms with E-state index < -0.39 is 32.6 Å². The zero-order valence-electron chi connectivity index (χ0n) is 42.5. The summed E-state index contributed by atoms with van der Waals surface area (Å²) in [7, 11) is 5.69. The topological polar surface area (TPSA) is 149 Å². The summed E-state index contributed by atoms with van der Waals surface area (Å²) >= 11 is 0. The van der Waals surface area contributed by atoms with E-state index in [2.05, 4.69) is 66.1 Å². The maximum atomic E-state index is 13.2. The van der Waals surface area contributed by atoms with Gasteiger partial charge in [0.15, 0.2) is 6.29 Å². The third-order valence-electron chi connectivity index (χ3n) is 12.1. The third kappa shape index (κ3) is 15.1. The number of hydrogen-bond donors (Lipinski definition) is 1. The third-order valence-corrected chi connectivity index (χ3v) is 14.3. The van der Waals surface area contributed by atoms with Crippen LogP contribution in [-0.4, -0.2) is 95.8 Å². The number of nitrogens with one attached hydrogen (secondary N) is 1. The molecule has 1 saturated heterocycles. The lowest BCUT2D eigenvalue weighted by Gasteiger charge is -2.39. The summed E-state index contributed by atoms with van der Waals surface area (Å²) in [5.74, 6) is 1.28. The van der Waals surface area contributed by atoms with Crippen LogP contribution in [0.2, 0.25) is 0 Å². The largest absolute Gasteiger partial charge is 0.497 e. The first-order chi connectivity index (χ1) is 34.5. The molecule has 1 aliphatic rings. The Morgan fingerprint density at radius 2 is 1.38 bits per heavy atom. The van der Waals surface area contributed by atoms with Gasteiger partial charge in [-0.2, -0.15) is 10.4 Å². The van der Waals surface area contributed by atoms with Gasteiger partial charge < -0.3 is 42.9 Å². The van der Waals surface area contributed by atoms with Crippen molar-refractivity contribution in [2.45, 2.75) is 102 Å². The van der Waals surface area contributed by atoms with Crippen molar-refractivity contribution in [3.8, 4) is 17.6 Å². The van der Waals surface area contributed by atoms with Crippen molar-refractivity contribution in [3.63, 3.8) is 0 Å². The molecule has 0 saturated carbocycles. The first kappa shape index (κ1) is 54.6. The van der Waals surface area contributed by atoms with Crippen LogP contribution in [0.5, 0.6) is 11.5 Å². The van der Waals surface area contributed by atoms with Crippen LogP contribution in [-0.2, 0) is 28.9 Å². The lowest BCUT2D eigenvalue weighted by atomic mass is 9.80. The van der Waals surface area contributed by atoms with Crippen molar-refractivity contribution < 1.29 is 37.5 Å². The van der Waals surface area contributed by atoms with E-state index >= 15 is 0 Å². The van der Waals surface area contributed by atoms with E-state index in [4.69, 9.17) is 32.7 Å². The van der Waals surface area contributed by atoms with Gasteiger partial charge in [0.1, 0.15) is 23.2 Å². The zero-order chi connectivity index (χ0) is 50.6. The molecule has 0 aliphatic carbocycles. The van der Waals surface area contributed by atoms with Crippen LogP contribution in [0, 0.1) is 11.3 Å². The molecule has 71 heavy (non-hydrogen) atoms. The number of carbonyl (C=O) groups excluding carboxylic acids is 1. The van der Waals surface area contributed by atoms with Crippen molar-refractivity contribution in [2.75, 3.05) is 59.6 Å². The molecule has 5 aromatic carbocycles. The fraction of sp³-hybridized carbons (Fsp3) is 0.429. The fourth-order valence-electron chi connectivity index (χ4n) is 8.51. The van der Waals surface area contributed by atoms with Crippen molar-refractivity contribution >= 4 is 31.5 Å². The Kier molecular flexibility index (Phi) is 21.3. The molecular formula is C56H71N6O8P. The van der Waals surface area contributed by atoms with Gasteiger partial charge in [-0.05, 0) is 118 Å². The van der Waals surface area contributed by atoms with Crippen molar-refractivity contribution in [1.29, 1.82) is 5.26 Å². The number of carbonyl (C=O) groups is 1. The number of ether oxygens (including phenoxy) is 5. The van der Waals surface area contributed by atoms with Gasteiger partial charge in [-0.25, -0.2) is 4.67 Å². The molecule has 15 heteroatoms. The Labute approximate surface area is 422 Å². The van der Waals surface area contributed by atoms with Crippen molar-refractivity contribution in [3.05, 3.63) is 150 Å². The number of rotatable bonds is 28. The number of anilines is 1. The maximum Gasteiger partial charge on any atom is 0.259 e. The average Bonchev–Trinajstić information content (AvgIpc) is 3.77. The fourth-order valence-corrected chi connectivity index (χ4v) is 10.3. The first-order valence-electron chi connectivity index (χ1n) is 24.5. The van der Waals surface area contributed by atoms with Gasteiger partial charge in [0.2, 0.25) is 0 Å². The minimum absolute atomic E-state index is 0.112. The number of azo groups is 1. The maximum absolute atomic E-state index is 13.2. The number of nitriles is 1. The Morgan fingerprint density at radius 3 is 1.99 bits per heavy atom. The molecular weight excluding hydrogens is 916 g/mol. The summed E-state index contributed by atoms with van der Waals surface area (Å²) in [5, 5.41) is 21.2. The lowest BCUT2D eigenvalue weighted by molar-refractivity contribution is -0.156. The number of amides is 1. The molecule has 4 atom stereocenters. The number of nitrogens with zero attached hydrogens (tertiary/aromatic N) is 5. The van der Waals surface area contributed by atoms with Crippen LogP contribution >= 0.6 is 8.53 Å². The predicted octanol–water partition coefficient (Wildman–Crippen LogP) is 12.3. The molecule has 14 nitrogen and oxygen atoms in total. The Hall–Kier alpha value is -5.75. The molecule has 1 unspecified atom stereocenters. The molecule has 0 radical (unpaired) electrons. The van der Waals surface area contributed by atoms with E-state index in [0.717, 1.165) is 59.6 Å². The lowest BCUT2D eigenvalue weighted by Crippen LogP contribution is -2.39. The van der Waals surface area contributed by atoms with Crippen LogP contribution < -0.4 is 19.7 Å². The molecule has 1 amide bonds. The summed E-state index contributed by atoms with van der Waals surface area (Å²) in [5.41, 5.74) is 4.43. The van der Waals surface area contributed by atoms with Crippen LogP contribution in [0.15, 0.2) is 138 Å². The molecule has 378 valence electrons. The van der Waals surface area contributed by atoms with E-state index in [9.17, 15) is 10.1 Å². The van der Waals surface area contributed by atoms with Crippen LogP contribution in [0.3, 0.4) is 0 Å². The number of methoxy groups -OCH3 is 2. The summed E-state index contributed by atoms with van der Waals surface area (Å²) < 4.78 is 47.3. The molecule has 0 spiro atoms. The van der Waals surface area contributed by atoms with Gasteiger partial charge in [0.25, 0.3) is 14.4 Å². The molecule has 1 heterocycles. The molecule has 6 rings (SSSR count). The van der Waals surface area contributed by atoms with Gasteiger partial charge >= 0.3 is 0 Å². The summed E-state index contributed by atoms with van der Waals surface area (Å²) in [6, 6.07) is 43.5. The highest BCUT2D eigenvalue weighted by Gasteiger charge is 2.44. The second kappa shape index (κ2) is 27.7. The highest BCUT2D eigenvalue weighted by Crippen LogP contribution is 2.50. The molecule has 1 fully saturated rings. The molecule has 5 aromatic rings. The normalized spacial score (nSPS) is 16.4. The average molecular weight is 987 g/mol. The van der Waals surface area contributed by atoms with Crippen LogP contribution in [0.4, 0.5) is 17.1 Å². The van der Waals surface area contributed by atoms with Gasteiger partial charge in [0.05, 0.1) is 63.0 Å². The van der Waals surface area contributed by atoms with Crippen LogP contribution in [0.1, 0.15) is 93.3 Å². The molecule has 0 bridgehead atoms. The summed E-state index contributed by atoms with van der Waals surface area (Å²) in [6.07, 6.45) is 2.57.